The molecule has 11 nitrogen and oxygen atoms in total. The molecule has 0 aliphatic carbocycles. The SMILES string of the molecule is CCN(CC)CCOC(=O)Nc1cc(CN2C(=O)N(c3ccc(S(=O)(=O)C(F)(F)F)cc3)C(=O)C2(C)C)ccn1. The molecule has 1 fully saturated rings. The monoisotopic (exact) mass is 585 g/mol. The van der Waals surface area contributed by atoms with Crippen LogP contribution in [0.5, 0.6) is 0 Å². The Balaban J connectivity index is 1.73. The topological polar surface area (TPSA) is 129 Å². The van der Waals surface area contributed by atoms with Crippen molar-refractivity contribution >= 4 is 39.4 Å². The number of carbonyl (C=O) groups is 3. The van der Waals surface area contributed by atoms with E-state index in [9.17, 15) is 36.0 Å². The average Bonchev–Trinajstić information content (AvgIpc) is 3.05. The Hall–Kier alpha value is -3.72. The van der Waals surface area contributed by atoms with Crippen molar-refractivity contribution in [2.24, 2.45) is 0 Å². The van der Waals surface area contributed by atoms with Crippen LogP contribution in [0.15, 0.2) is 47.5 Å². The molecule has 1 saturated heterocycles. The molecule has 40 heavy (non-hydrogen) atoms. The normalized spacial score (nSPS) is 15.6. The van der Waals surface area contributed by atoms with Gasteiger partial charge in [-0.25, -0.2) is 27.9 Å². The lowest BCUT2D eigenvalue weighted by Crippen LogP contribution is -2.43. The second-order valence-corrected chi connectivity index (χ2v) is 11.3. The Morgan fingerprint density at radius 3 is 2.30 bits per heavy atom. The summed E-state index contributed by atoms with van der Waals surface area (Å²) >= 11 is 0. The number of hydrogen-bond donors (Lipinski definition) is 1. The quantitative estimate of drug-likeness (QED) is 0.414. The molecule has 0 atom stereocenters. The summed E-state index contributed by atoms with van der Waals surface area (Å²) in [6, 6.07) is 5.65. The van der Waals surface area contributed by atoms with Crippen LogP contribution in [-0.4, -0.2) is 78.5 Å². The summed E-state index contributed by atoms with van der Waals surface area (Å²) in [6.45, 7) is 9.34. The number of nitrogens with zero attached hydrogens (tertiary/aromatic N) is 4. The minimum atomic E-state index is -5.59. The van der Waals surface area contributed by atoms with E-state index < -0.39 is 43.8 Å². The smallest absolute Gasteiger partial charge is 0.448 e. The van der Waals surface area contributed by atoms with Gasteiger partial charge in [-0.15, -0.1) is 0 Å². The Morgan fingerprint density at radius 2 is 1.73 bits per heavy atom. The number of alkyl halides is 3. The third kappa shape index (κ3) is 6.36. The number of sulfone groups is 1. The maximum absolute atomic E-state index is 13.3. The maximum Gasteiger partial charge on any atom is 0.501 e. The van der Waals surface area contributed by atoms with Crippen LogP contribution in [0, 0.1) is 0 Å². The zero-order chi connectivity index (χ0) is 29.9. The van der Waals surface area contributed by atoms with E-state index in [-0.39, 0.29) is 24.7 Å². The van der Waals surface area contributed by atoms with Crippen molar-refractivity contribution in [3.63, 3.8) is 0 Å². The lowest BCUT2D eigenvalue weighted by molar-refractivity contribution is -0.123. The van der Waals surface area contributed by atoms with Crippen molar-refractivity contribution in [1.82, 2.24) is 14.8 Å². The van der Waals surface area contributed by atoms with Gasteiger partial charge in [0.2, 0.25) is 0 Å². The highest BCUT2D eigenvalue weighted by Crippen LogP contribution is 2.35. The van der Waals surface area contributed by atoms with E-state index in [1.165, 1.54) is 31.0 Å². The molecule has 3 rings (SSSR count). The molecule has 1 aliphatic rings. The molecule has 0 unspecified atom stereocenters. The van der Waals surface area contributed by atoms with E-state index in [0.717, 1.165) is 30.1 Å². The fraction of sp³-hybridized carbons (Fsp3) is 0.440. The van der Waals surface area contributed by atoms with Gasteiger partial charge in [-0.2, -0.15) is 13.2 Å². The summed E-state index contributed by atoms with van der Waals surface area (Å²) in [6.07, 6.45) is 0.708. The zero-order valence-electron chi connectivity index (χ0n) is 22.4. The first-order chi connectivity index (χ1) is 18.6. The maximum atomic E-state index is 13.3. The van der Waals surface area contributed by atoms with Crippen molar-refractivity contribution in [2.45, 2.75) is 50.2 Å². The Morgan fingerprint density at radius 1 is 1.10 bits per heavy atom. The average molecular weight is 586 g/mol. The number of imide groups is 1. The molecule has 4 amide bonds. The minimum absolute atomic E-state index is 0.0666. The number of nitrogens with one attached hydrogen (secondary N) is 1. The molecular formula is C25H30F3N5O6S. The standard InChI is InChI=1S/C25H30F3N5O6S/c1-5-31(6-2)13-14-39-22(35)30-20-15-17(11-12-29-20)16-32-23(36)33(21(34)24(32,3)4)18-7-9-19(10-8-18)40(37,38)25(26,27)28/h7-12,15H,5-6,13-14,16H2,1-4H3,(H,29,30,35). The Labute approximate surface area is 229 Å². The molecule has 0 bridgehead atoms. The van der Waals surface area contributed by atoms with Crippen LogP contribution in [0.4, 0.5) is 34.3 Å². The van der Waals surface area contributed by atoms with Crippen molar-refractivity contribution in [3.8, 4) is 0 Å². The number of amides is 4. The summed E-state index contributed by atoms with van der Waals surface area (Å²) in [5.41, 5.74) is -6.41. The van der Waals surface area contributed by atoms with Crippen LogP contribution in [0.1, 0.15) is 33.3 Å². The van der Waals surface area contributed by atoms with Gasteiger partial charge in [0.15, 0.2) is 0 Å². The molecule has 218 valence electrons. The third-order valence-corrected chi connectivity index (χ3v) is 7.97. The van der Waals surface area contributed by atoms with E-state index >= 15 is 0 Å². The molecule has 1 N–H and O–H groups in total. The second-order valence-electron chi connectivity index (χ2n) is 9.35. The molecule has 1 aromatic carbocycles. The first kappa shape index (κ1) is 30.8. The predicted octanol–water partition coefficient (Wildman–Crippen LogP) is 4.01. The van der Waals surface area contributed by atoms with E-state index in [4.69, 9.17) is 4.74 Å². The van der Waals surface area contributed by atoms with Crippen molar-refractivity contribution in [1.29, 1.82) is 0 Å². The van der Waals surface area contributed by atoms with Crippen LogP contribution in [0.2, 0.25) is 0 Å². The number of urea groups is 1. The number of anilines is 2. The van der Waals surface area contributed by atoms with Gasteiger partial charge in [-0.05, 0) is 68.9 Å². The summed E-state index contributed by atoms with van der Waals surface area (Å²) < 4.78 is 67.1. The van der Waals surface area contributed by atoms with E-state index in [1.807, 2.05) is 13.8 Å². The van der Waals surface area contributed by atoms with Gasteiger partial charge in [-0.1, -0.05) is 13.8 Å². The number of carbonyl (C=O) groups excluding carboxylic acids is 3. The van der Waals surface area contributed by atoms with Gasteiger partial charge in [-0.3, -0.25) is 10.1 Å². The van der Waals surface area contributed by atoms with Gasteiger partial charge in [0.05, 0.1) is 10.6 Å². The number of likely N-dealkylation sites (N-methyl/N-ethyl adjacent to an activating group) is 1. The lowest BCUT2D eigenvalue weighted by Gasteiger charge is -2.27. The van der Waals surface area contributed by atoms with Gasteiger partial charge in [0.25, 0.3) is 15.7 Å². The second kappa shape index (κ2) is 11.8. The van der Waals surface area contributed by atoms with Crippen LogP contribution in [-0.2, 0) is 25.9 Å². The number of halogens is 3. The summed E-state index contributed by atoms with van der Waals surface area (Å²) in [4.78, 5) is 45.8. The van der Waals surface area contributed by atoms with Crippen LogP contribution < -0.4 is 10.2 Å². The van der Waals surface area contributed by atoms with E-state index in [1.54, 1.807) is 6.07 Å². The zero-order valence-corrected chi connectivity index (χ0v) is 23.2. The molecule has 0 saturated carbocycles. The first-order valence-electron chi connectivity index (χ1n) is 12.3. The number of hydrogen-bond acceptors (Lipinski definition) is 8. The highest BCUT2D eigenvalue weighted by atomic mass is 32.2. The molecule has 2 heterocycles. The molecule has 0 radical (unpaired) electrons. The van der Waals surface area contributed by atoms with Gasteiger partial charge < -0.3 is 14.5 Å². The fourth-order valence-corrected chi connectivity index (χ4v) is 4.77. The highest BCUT2D eigenvalue weighted by Gasteiger charge is 2.52. The third-order valence-electron chi connectivity index (χ3n) is 6.46. The number of aromatic nitrogens is 1. The number of benzene rings is 1. The number of pyridine rings is 1. The molecule has 1 aromatic heterocycles. The van der Waals surface area contributed by atoms with E-state index in [2.05, 4.69) is 15.2 Å². The summed E-state index contributed by atoms with van der Waals surface area (Å²) in [7, 11) is -5.59. The predicted molar refractivity (Wildman–Crippen MR) is 139 cm³/mol. The first-order valence-corrected chi connectivity index (χ1v) is 13.8. The highest BCUT2D eigenvalue weighted by molar-refractivity contribution is 7.92. The summed E-state index contributed by atoms with van der Waals surface area (Å²) in [5, 5.41) is 2.52. The Kier molecular flexibility index (Phi) is 9.09. The fourth-order valence-electron chi connectivity index (χ4n) is 4.01. The molecular weight excluding hydrogens is 555 g/mol. The lowest BCUT2D eigenvalue weighted by atomic mass is 10.0. The van der Waals surface area contributed by atoms with Gasteiger partial charge >= 0.3 is 17.6 Å². The van der Waals surface area contributed by atoms with Crippen LogP contribution >= 0.6 is 0 Å². The summed E-state index contributed by atoms with van der Waals surface area (Å²) in [5.74, 6) is -0.493. The van der Waals surface area contributed by atoms with E-state index in [0.29, 0.717) is 24.2 Å². The van der Waals surface area contributed by atoms with Gasteiger partial charge in [0, 0.05) is 19.3 Å². The Bertz CT molecular complexity index is 1360. The molecule has 0 spiro atoms. The largest absolute Gasteiger partial charge is 0.501 e. The molecule has 1 aliphatic heterocycles. The minimum Gasteiger partial charge on any atom is -0.448 e. The number of rotatable bonds is 10. The van der Waals surface area contributed by atoms with Crippen LogP contribution in [0.3, 0.4) is 0 Å². The molecule has 15 heteroatoms. The van der Waals surface area contributed by atoms with Gasteiger partial charge in [0.1, 0.15) is 18.0 Å². The number of ether oxygens (including phenoxy) is 1. The van der Waals surface area contributed by atoms with Crippen molar-refractivity contribution < 1.29 is 40.7 Å². The molecule has 2 aromatic rings. The van der Waals surface area contributed by atoms with Crippen molar-refractivity contribution in [3.05, 3.63) is 48.2 Å². The van der Waals surface area contributed by atoms with Crippen LogP contribution in [0.25, 0.3) is 0 Å². The van der Waals surface area contributed by atoms with Crippen molar-refractivity contribution in [2.75, 3.05) is 36.5 Å².